The molecule has 1 aliphatic rings. The molecule has 0 atom stereocenters. The minimum Gasteiger partial charge on any atom is -0.282 e. The van der Waals surface area contributed by atoms with Crippen LogP contribution in [0.5, 0.6) is 0 Å². The number of nitrogens with zero attached hydrogens (tertiary/aromatic N) is 2. The molecule has 0 aliphatic carbocycles. The Labute approximate surface area is 122 Å². The highest BCUT2D eigenvalue weighted by Crippen LogP contribution is 2.15. The maximum absolute atomic E-state index is 12.2. The van der Waals surface area contributed by atoms with E-state index in [1.165, 1.54) is 24.3 Å². The molecule has 7 heteroatoms. The third-order valence-corrected chi connectivity index (χ3v) is 5.02. The summed E-state index contributed by atoms with van der Waals surface area (Å²) in [5.74, 6) is -0.946. The second-order valence-corrected chi connectivity index (χ2v) is 6.86. The second-order valence-electron chi connectivity index (χ2n) is 4.75. The van der Waals surface area contributed by atoms with Gasteiger partial charge in [-0.05, 0) is 30.7 Å². The number of hydrogen-bond acceptors (Lipinski definition) is 5. The fourth-order valence-corrected chi connectivity index (χ4v) is 3.32. The fourth-order valence-electron chi connectivity index (χ4n) is 2.12. The summed E-state index contributed by atoms with van der Waals surface area (Å²) in [5.41, 5.74) is 0.371. The third-order valence-electron chi connectivity index (χ3n) is 3.31. The lowest BCUT2D eigenvalue weighted by atomic mass is 10.1. The number of sulfone groups is 1. The van der Waals surface area contributed by atoms with Gasteiger partial charge in [-0.1, -0.05) is 0 Å². The van der Waals surface area contributed by atoms with Crippen LogP contribution in [0.4, 0.5) is 0 Å². The predicted octanol–water partition coefficient (Wildman–Crippen LogP) is 0.871. The number of hydrogen-bond donors (Lipinski definition) is 0. The van der Waals surface area contributed by atoms with Gasteiger partial charge in [0.2, 0.25) is 11.8 Å². The van der Waals surface area contributed by atoms with Gasteiger partial charge in [-0.3, -0.25) is 14.5 Å². The second kappa shape index (κ2) is 6.06. The Morgan fingerprint density at radius 3 is 2.19 bits per heavy atom. The molecule has 2 rings (SSSR count). The van der Waals surface area contributed by atoms with Crippen molar-refractivity contribution < 1.29 is 18.0 Å². The summed E-state index contributed by atoms with van der Waals surface area (Å²) >= 11 is 0. The Bertz CT molecular complexity index is 685. The van der Waals surface area contributed by atoms with Crippen LogP contribution in [-0.4, -0.2) is 37.4 Å². The van der Waals surface area contributed by atoms with Crippen molar-refractivity contribution in [3.05, 3.63) is 29.8 Å². The van der Waals surface area contributed by atoms with E-state index in [0.29, 0.717) is 12.0 Å². The molecule has 1 aromatic rings. The number of carbonyl (C=O) groups is 2. The molecule has 0 radical (unpaired) electrons. The van der Waals surface area contributed by atoms with Gasteiger partial charge in [0, 0.05) is 19.4 Å². The number of piperidine rings is 1. The number of benzene rings is 1. The third kappa shape index (κ3) is 3.47. The summed E-state index contributed by atoms with van der Waals surface area (Å²) in [7, 11) is -3.59. The van der Waals surface area contributed by atoms with Gasteiger partial charge in [-0.15, -0.1) is 0 Å². The number of imide groups is 1. The largest absolute Gasteiger partial charge is 0.282 e. The van der Waals surface area contributed by atoms with Crippen LogP contribution in [0.3, 0.4) is 0 Å². The number of amides is 2. The quantitative estimate of drug-likeness (QED) is 0.769. The summed E-state index contributed by atoms with van der Waals surface area (Å²) in [4.78, 5) is 24.3. The maximum Gasteiger partial charge on any atom is 0.229 e. The molecule has 1 aromatic carbocycles. The first-order chi connectivity index (χ1) is 9.94. The van der Waals surface area contributed by atoms with Crippen LogP contribution in [0, 0.1) is 11.3 Å². The van der Waals surface area contributed by atoms with Crippen LogP contribution in [-0.2, 0) is 19.4 Å². The minimum absolute atomic E-state index is 0.0819. The van der Waals surface area contributed by atoms with E-state index < -0.39 is 9.84 Å². The molecule has 1 heterocycles. The first-order valence-corrected chi connectivity index (χ1v) is 8.15. The molecule has 0 unspecified atom stereocenters. The molecule has 1 aliphatic heterocycles. The van der Waals surface area contributed by atoms with E-state index in [1.807, 2.05) is 6.07 Å². The zero-order valence-corrected chi connectivity index (χ0v) is 12.1. The number of likely N-dealkylation sites (tertiary alicyclic amines) is 1. The Balaban J connectivity index is 2.08. The smallest absolute Gasteiger partial charge is 0.229 e. The molecular weight excluding hydrogens is 292 g/mol. The average molecular weight is 306 g/mol. The highest BCUT2D eigenvalue weighted by molar-refractivity contribution is 7.91. The first-order valence-electron chi connectivity index (χ1n) is 6.50. The minimum atomic E-state index is -3.59. The summed E-state index contributed by atoms with van der Waals surface area (Å²) in [5, 5.41) is 8.68. The van der Waals surface area contributed by atoms with Crippen molar-refractivity contribution in [3.8, 4) is 6.07 Å². The van der Waals surface area contributed by atoms with Crippen molar-refractivity contribution >= 4 is 21.7 Å². The van der Waals surface area contributed by atoms with Crippen molar-refractivity contribution in [1.82, 2.24) is 4.90 Å². The van der Waals surface area contributed by atoms with E-state index in [0.717, 1.165) is 4.90 Å². The molecule has 0 N–H and O–H groups in total. The average Bonchev–Trinajstić information content (AvgIpc) is 2.47. The van der Waals surface area contributed by atoms with Gasteiger partial charge < -0.3 is 0 Å². The summed E-state index contributed by atoms with van der Waals surface area (Å²) in [6.45, 7) is -0.125. The number of carbonyl (C=O) groups excluding carboxylic acids is 2. The molecule has 6 nitrogen and oxygen atoms in total. The summed E-state index contributed by atoms with van der Waals surface area (Å²) in [6.07, 6.45) is 1.09. The van der Waals surface area contributed by atoms with Crippen LogP contribution < -0.4 is 0 Å². The van der Waals surface area contributed by atoms with Crippen molar-refractivity contribution in [2.75, 3.05) is 12.3 Å². The molecule has 2 amide bonds. The molecule has 0 spiro atoms. The Hall–Kier alpha value is -2.20. The molecule has 1 saturated heterocycles. The molecule has 0 saturated carbocycles. The lowest BCUT2D eigenvalue weighted by Crippen LogP contribution is -2.42. The van der Waals surface area contributed by atoms with Crippen LogP contribution in [0.2, 0.25) is 0 Å². The zero-order chi connectivity index (χ0) is 15.5. The van der Waals surface area contributed by atoms with Crippen molar-refractivity contribution in [1.29, 1.82) is 5.26 Å². The molecule has 0 bridgehead atoms. The summed E-state index contributed by atoms with van der Waals surface area (Å²) < 4.78 is 24.3. The Kier molecular flexibility index (Phi) is 4.38. The van der Waals surface area contributed by atoms with Crippen LogP contribution in [0.15, 0.2) is 29.2 Å². The topological polar surface area (TPSA) is 95.3 Å². The van der Waals surface area contributed by atoms with Gasteiger partial charge >= 0.3 is 0 Å². The fraction of sp³-hybridized carbons (Fsp3) is 0.357. The van der Waals surface area contributed by atoms with Crippen molar-refractivity contribution in [2.24, 2.45) is 0 Å². The standard InChI is InChI=1S/C14H14N2O4S/c15-10-11-4-6-12(7-5-11)21(19,20)9-8-16-13(17)2-1-3-14(16)18/h4-7H,1-3,8-9H2. The molecule has 1 fully saturated rings. The van der Waals surface area contributed by atoms with Crippen LogP contribution in [0.1, 0.15) is 24.8 Å². The normalized spacial score (nSPS) is 15.9. The van der Waals surface area contributed by atoms with E-state index >= 15 is 0 Å². The summed E-state index contributed by atoms with van der Waals surface area (Å²) in [6, 6.07) is 7.46. The van der Waals surface area contributed by atoms with E-state index in [9.17, 15) is 18.0 Å². The molecule has 0 aromatic heterocycles. The van der Waals surface area contributed by atoms with Gasteiger partial charge in [0.15, 0.2) is 9.84 Å². The van der Waals surface area contributed by atoms with Gasteiger partial charge in [-0.2, -0.15) is 5.26 Å². The lowest BCUT2D eigenvalue weighted by Gasteiger charge is -2.24. The van der Waals surface area contributed by atoms with Gasteiger partial charge in [0.1, 0.15) is 0 Å². The lowest BCUT2D eigenvalue weighted by molar-refractivity contribution is -0.147. The Morgan fingerprint density at radius 1 is 1.10 bits per heavy atom. The zero-order valence-electron chi connectivity index (χ0n) is 11.3. The van der Waals surface area contributed by atoms with Crippen LogP contribution >= 0.6 is 0 Å². The van der Waals surface area contributed by atoms with E-state index in [-0.39, 0.29) is 41.8 Å². The van der Waals surface area contributed by atoms with E-state index in [2.05, 4.69) is 0 Å². The van der Waals surface area contributed by atoms with Crippen molar-refractivity contribution in [2.45, 2.75) is 24.2 Å². The van der Waals surface area contributed by atoms with E-state index in [1.54, 1.807) is 0 Å². The predicted molar refractivity (Wildman–Crippen MR) is 73.8 cm³/mol. The highest BCUT2D eigenvalue weighted by Gasteiger charge is 2.27. The van der Waals surface area contributed by atoms with Crippen molar-refractivity contribution in [3.63, 3.8) is 0 Å². The molecule has 21 heavy (non-hydrogen) atoms. The van der Waals surface area contributed by atoms with Gasteiger partial charge in [0.25, 0.3) is 0 Å². The monoisotopic (exact) mass is 306 g/mol. The SMILES string of the molecule is N#Cc1ccc(S(=O)(=O)CCN2C(=O)CCCC2=O)cc1. The number of rotatable bonds is 4. The maximum atomic E-state index is 12.2. The van der Waals surface area contributed by atoms with E-state index in [4.69, 9.17) is 5.26 Å². The van der Waals surface area contributed by atoms with Gasteiger partial charge in [-0.25, -0.2) is 8.42 Å². The molecule has 110 valence electrons. The first kappa shape index (κ1) is 15.2. The Morgan fingerprint density at radius 2 is 1.67 bits per heavy atom. The van der Waals surface area contributed by atoms with Crippen LogP contribution in [0.25, 0.3) is 0 Å². The number of nitriles is 1. The van der Waals surface area contributed by atoms with Gasteiger partial charge in [0.05, 0.1) is 22.3 Å². The molecular formula is C14H14N2O4S. The highest BCUT2D eigenvalue weighted by atomic mass is 32.2.